The summed E-state index contributed by atoms with van der Waals surface area (Å²) < 4.78 is 12.1. The van der Waals surface area contributed by atoms with Crippen LogP contribution in [0.2, 0.25) is 5.02 Å². The maximum atomic E-state index is 12.0. The van der Waals surface area contributed by atoms with Crippen molar-refractivity contribution in [1.29, 1.82) is 0 Å². The average Bonchev–Trinajstić information content (AvgIpc) is 2.41. The average molecular weight is 288 g/mol. The Morgan fingerprint density at radius 1 is 1.58 bits per heavy atom. The quantitative estimate of drug-likeness (QED) is 0.904. The summed E-state index contributed by atoms with van der Waals surface area (Å²) in [7, 11) is 0. The van der Waals surface area contributed by atoms with Crippen molar-refractivity contribution < 1.29 is 9.47 Å². The minimum absolute atomic E-state index is 0.0193. The van der Waals surface area contributed by atoms with Crippen molar-refractivity contribution in [3.8, 4) is 0 Å². The van der Waals surface area contributed by atoms with E-state index in [1.54, 1.807) is 6.20 Å². The van der Waals surface area contributed by atoms with E-state index in [-0.39, 0.29) is 22.7 Å². The summed E-state index contributed by atoms with van der Waals surface area (Å²) in [4.78, 5) is 12.0. The maximum absolute atomic E-state index is 12.0. The van der Waals surface area contributed by atoms with Gasteiger partial charge in [0.1, 0.15) is 5.02 Å². The summed E-state index contributed by atoms with van der Waals surface area (Å²) in [5, 5.41) is 7.32. The molecule has 0 aliphatic carbocycles. The highest BCUT2D eigenvalue weighted by Gasteiger charge is 2.16. The van der Waals surface area contributed by atoms with E-state index in [0.29, 0.717) is 32.1 Å². The molecular weight excluding hydrogens is 270 g/mol. The molecule has 0 aromatic carbocycles. The zero-order valence-electron chi connectivity index (χ0n) is 11.1. The van der Waals surface area contributed by atoms with Crippen LogP contribution in [0, 0.1) is 0 Å². The molecule has 1 saturated heterocycles. The molecule has 0 amide bonds. The summed E-state index contributed by atoms with van der Waals surface area (Å²) in [6.07, 6.45) is 1.53. The van der Waals surface area contributed by atoms with Crippen LogP contribution in [-0.4, -0.2) is 42.2 Å². The van der Waals surface area contributed by atoms with Crippen molar-refractivity contribution in [2.45, 2.75) is 26.0 Å². The summed E-state index contributed by atoms with van der Waals surface area (Å²) in [6, 6.07) is -0.0193. The second kappa shape index (κ2) is 6.36. The third kappa shape index (κ3) is 3.46. The number of rotatable bonds is 4. The van der Waals surface area contributed by atoms with Crippen LogP contribution in [0.3, 0.4) is 0 Å². The monoisotopic (exact) mass is 287 g/mol. The zero-order chi connectivity index (χ0) is 13.8. The van der Waals surface area contributed by atoms with Crippen LogP contribution in [0.5, 0.6) is 0 Å². The first-order valence-electron chi connectivity index (χ1n) is 6.30. The molecule has 6 nitrogen and oxygen atoms in total. The van der Waals surface area contributed by atoms with Crippen molar-refractivity contribution >= 4 is 17.3 Å². The van der Waals surface area contributed by atoms with Gasteiger partial charge in [-0.3, -0.25) is 4.79 Å². The van der Waals surface area contributed by atoms with E-state index < -0.39 is 0 Å². The van der Waals surface area contributed by atoms with Crippen LogP contribution in [0.1, 0.15) is 19.9 Å². The van der Waals surface area contributed by atoms with Gasteiger partial charge >= 0.3 is 0 Å². The van der Waals surface area contributed by atoms with Gasteiger partial charge in [-0.15, -0.1) is 0 Å². The first-order valence-corrected chi connectivity index (χ1v) is 6.68. The van der Waals surface area contributed by atoms with Crippen LogP contribution < -0.4 is 10.9 Å². The van der Waals surface area contributed by atoms with Crippen molar-refractivity contribution in [2.24, 2.45) is 0 Å². The van der Waals surface area contributed by atoms with Crippen LogP contribution in [0.25, 0.3) is 0 Å². The number of anilines is 1. The number of aromatic nitrogens is 2. The molecule has 0 radical (unpaired) electrons. The molecule has 2 rings (SSSR count). The summed E-state index contributed by atoms with van der Waals surface area (Å²) >= 11 is 6.05. The summed E-state index contributed by atoms with van der Waals surface area (Å²) in [5.41, 5.74) is 0.236. The molecule has 1 fully saturated rings. The smallest absolute Gasteiger partial charge is 0.287 e. The zero-order valence-corrected chi connectivity index (χ0v) is 11.8. The van der Waals surface area contributed by atoms with Crippen LogP contribution in [0.15, 0.2) is 11.0 Å². The number of ether oxygens (including phenoxy) is 2. The Morgan fingerprint density at radius 2 is 2.37 bits per heavy atom. The highest BCUT2D eigenvalue weighted by atomic mass is 35.5. The van der Waals surface area contributed by atoms with Gasteiger partial charge in [0.25, 0.3) is 5.56 Å². The Hall–Kier alpha value is -1.11. The minimum Gasteiger partial charge on any atom is -0.380 e. The van der Waals surface area contributed by atoms with Crippen LogP contribution in [-0.2, 0) is 9.47 Å². The molecule has 1 aliphatic rings. The largest absolute Gasteiger partial charge is 0.380 e. The third-order valence-electron chi connectivity index (χ3n) is 2.84. The first kappa shape index (κ1) is 14.3. The minimum atomic E-state index is -0.289. The van der Waals surface area contributed by atoms with Gasteiger partial charge in [0.15, 0.2) is 0 Å². The van der Waals surface area contributed by atoms with Gasteiger partial charge in [-0.2, -0.15) is 5.10 Å². The van der Waals surface area contributed by atoms with E-state index in [2.05, 4.69) is 10.4 Å². The summed E-state index contributed by atoms with van der Waals surface area (Å²) in [6.45, 7) is 6.06. The molecule has 0 bridgehead atoms. The normalized spacial score (nSPS) is 19.7. The number of nitrogens with one attached hydrogen (secondary N) is 1. The van der Waals surface area contributed by atoms with Crippen LogP contribution >= 0.6 is 11.6 Å². The fraction of sp³-hybridized carbons (Fsp3) is 0.667. The van der Waals surface area contributed by atoms with Gasteiger partial charge in [-0.1, -0.05) is 11.6 Å². The molecule has 2 heterocycles. The first-order chi connectivity index (χ1) is 9.09. The van der Waals surface area contributed by atoms with Gasteiger partial charge in [-0.05, 0) is 13.8 Å². The predicted molar refractivity (Wildman–Crippen MR) is 72.9 cm³/mol. The lowest BCUT2D eigenvalue weighted by Gasteiger charge is -2.23. The molecule has 106 valence electrons. The van der Waals surface area contributed by atoms with E-state index in [1.807, 2.05) is 13.8 Å². The third-order valence-corrected chi connectivity index (χ3v) is 3.20. The molecule has 1 N–H and O–H groups in total. The van der Waals surface area contributed by atoms with Crippen molar-refractivity contribution in [1.82, 2.24) is 9.78 Å². The molecule has 19 heavy (non-hydrogen) atoms. The molecule has 1 atom stereocenters. The van der Waals surface area contributed by atoms with Gasteiger partial charge in [0, 0.05) is 6.54 Å². The Kier molecular flexibility index (Phi) is 4.79. The SMILES string of the molecule is CC(C)n1ncc(NCC2COCCO2)c(Cl)c1=O. The molecule has 1 unspecified atom stereocenters. The van der Waals surface area contributed by atoms with E-state index in [9.17, 15) is 4.79 Å². The Morgan fingerprint density at radius 3 is 3.00 bits per heavy atom. The topological polar surface area (TPSA) is 65.4 Å². The second-order valence-electron chi connectivity index (χ2n) is 4.66. The Labute approximate surface area is 116 Å². The molecule has 1 aromatic heterocycles. The highest BCUT2D eigenvalue weighted by molar-refractivity contribution is 6.32. The van der Waals surface area contributed by atoms with E-state index >= 15 is 0 Å². The van der Waals surface area contributed by atoms with E-state index in [0.717, 1.165) is 0 Å². The lowest BCUT2D eigenvalue weighted by molar-refractivity contribution is -0.0818. The molecule has 1 aliphatic heterocycles. The van der Waals surface area contributed by atoms with Gasteiger partial charge in [0.05, 0.1) is 43.9 Å². The number of hydrogen-bond donors (Lipinski definition) is 1. The predicted octanol–water partition coefficient (Wildman–Crippen LogP) is 1.30. The lowest BCUT2D eigenvalue weighted by Crippen LogP contribution is -2.34. The fourth-order valence-electron chi connectivity index (χ4n) is 1.81. The molecule has 7 heteroatoms. The van der Waals surface area contributed by atoms with Gasteiger partial charge in [0.2, 0.25) is 0 Å². The molecule has 1 aromatic rings. The highest BCUT2D eigenvalue weighted by Crippen LogP contribution is 2.16. The molecule has 0 saturated carbocycles. The maximum Gasteiger partial charge on any atom is 0.287 e. The number of halogens is 1. The number of hydrogen-bond acceptors (Lipinski definition) is 5. The lowest BCUT2D eigenvalue weighted by atomic mass is 10.3. The number of nitrogens with zero attached hydrogens (tertiary/aromatic N) is 2. The van der Waals surface area contributed by atoms with Crippen molar-refractivity contribution in [3.63, 3.8) is 0 Å². The van der Waals surface area contributed by atoms with E-state index in [4.69, 9.17) is 21.1 Å². The van der Waals surface area contributed by atoms with E-state index in [1.165, 1.54) is 4.68 Å². The molecular formula is C12H18ClN3O3. The van der Waals surface area contributed by atoms with Gasteiger partial charge < -0.3 is 14.8 Å². The van der Waals surface area contributed by atoms with Crippen LogP contribution in [0.4, 0.5) is 5.69 Å². The van der Waals surface area contributed by atoms with Gasteiger partial charge in [-0.25, -0.2) is 4.68 Å². The fourth-order valence-corrected chi connectivity index (χ4v) is 2.02. The van der Waals surface area contributed by atoms with Crippen molar-refractivity contribution in [2.75, 3.05) is 31.7 Å². The second-order valence-corrected chi connectivity index (χ2v) is 5.04. The summed E-state index contributed by atoms with van der Waals surface area (Å²) in [5.74, 6) is 0. The molecule has 0 spiro atoms. The Balaban J connectivity index is 2.04. The Bertz CT molecular complexity index is 484. The standard InChI is InChI=1S/C12H18ClN3O3/c1-8(2)16-12(17)11(13)10(6-15-16)14-5-9-7-18-3-4-19-9/h6,8-9,14H,3-5,7H2,1-2H3. The van der Waals surface area contributed by atoms with Crippen molar-refractivity contribution in [3.05, 3.63) is 21.6 Å².